The van der Waals surface area contributed by atoms with Crippen LogP contribution >= 0.6 is 35.3 Å². The van der Waals surface area contributed by atoms with Crippen LogP contribution < -0.4 is 10.6 Å². The highest BCUT2D eigenvalue weighted by Gasteiger charge is 2.07. The molecule has 0 bridgehead atoms. The lowest BCUT2D eigenvalue weighted by Gasteiger charge is -2.14. The quantitative estimate of drug-likeness (QED) is 0.337. The van der Waals surface area contributed by atoms with Gasteiger partial charge >= 0.3 is 0 Å². The second-order valence-electron chi connectivity index (χ2n) is 5.20. The van der Waals surface area contributed by atoms with E-state index in [0.717, 1.165) is 23.1 Å². The van der Waals surface area contributed by atoms with Crippen LogP contribution in [-0.2, 0) is 6.54 Å². The Labute approximate surface area is 164 Å². The summed E-state index contributed by atoms with van der Waals surface area (Å²) in [4.78, 5) is 10.0. The van der Waals surface area contributed by atoms with Gasteiger partial charge in [-0.2, -0.15) is 0 Å². The van der Waals surface area contributed by atoms with Crippen LogP contribution in [0.3, 0.4) is 0 Å². The van der Waals surface area contributed by atoms with Crippen molar-refractivity contribution in [2.75, 3.05) is 13.1 Å². The van der Waals surface area contributed by atoms with E-state index in [4.69, 9.17) is 0 Å². The molecule has 2 aromatic rings. The first-order valence-electron chi connectivity index (χ1n) is 7.85. The van der Waals surface area contributed by atoms with Gasteiger partial charge in [0.05, 0.1) is 12.6 Å². The van der Waals surface area contributed by atoms with Gasteiger partial charge in [0, 0.05) is 24.2 Å². The van der Waals surface area contributed by atoms with Crippen molar-refractivity contribution in [2.45, 2.75) is 32.9 Å². The maximum atomic E-state index is 10.2. The van der Waals surface area contributed by atoms with Crippen molar-refractivity contribution in [3.63, 3.8) is 0 Å². The monoisotopic (exact) mass is 460 g/mol. The van der Waals surface area contributed by atoms with Gasteiger partial charge in [-0.1, -0.05) is 30.3 Å². The maximum absolute atomic E-state index is 10.2. The highest BCUT2D eigenvalue weighted by atomic mass is 127. The Hall–Kier alpha value is -1.19. The minimum atomic E-state index is -0.465. The molecule has 1 aromatic heterocycles. The summed E-state index contributed by atoms with van der Waals surface area (Å²) in [5.74, 6) is 0.751. The Morgan fingerprint density at radius 2 is 2.04 bits per heavy atom. The normalized spacial score (nSPS) is 12.4. The molecule has 0 spiro atoms. The third-order valence-electron chi connectivity index (χ3n) is 3.28. The zero-order chi connectivity index (χ0) is 16.5. The lowest BCUT2D eigenvalue weighted by Crippen LogP contribution is -2.38. The number of hydrogen-bond donors (Lipinski definition) is 3. The smallest absolute Gasteiger partial charge is 0.191 e. The molecule has 24 heavy (non-hydrogen) atoms. The van der Waals surface area contributed by atoms with E-state index in [0.29, 0.717) is 19.5 Å². The zero-order valence-electron chi connectivity index (χ0n) is 14.0. The van der Waals surface area contributed by atoms with Gasteiger partial charge < -0.3 is 15.7 Å². The van der Waals surface area contributed by atoms with Gasteiger partial charge in [0.25, 0.3) is 0 Å². The van der Waals surface area contributed by atoms with Crippen molar-refractivity contribution in [1.82, 2.24) is 15.6 Å². The van der Waals surface area contributed by atoms with Crippen LogP contribution in [0.2, 0.25) is 0 Å². The van der Waals surface area contributed by atoms with Gasteiger partial charge in [0.1, 0.15) is 5.01 Å². The van der Waals surface area contributed by atoms with Crippen LogP contribution in [0.4, 0.5) is 0 Å². The van der Waals surface area contributed by atoms with Crippen LogP contribution in [0, 0.1) is 6.92 Å². The van der Waals surface area contributed by atoms with Crippen molar-refractivity contribution in [3.05, 3.63) is 52.0 Å². The number of hydrogen-bond acceptors (Lipinski definition) is 4. The summed E-state index contributed by atoms with van der Waals surface area (Å²) in [6.45, 7) is 6.08. The molecular formula is C17H25IN4OS. The number of halogens is 1. The summed E-state index contributed by atoms with van der Waals surface area (Å²) in [6.07, 6.45) is 2.03. The number of nitrogens with one attached hydrogen (secondary N) is 2. The highest BCUT2D eigenvalue weighted by molar-refractivity contribution is 14.0. The number of thiazole rings is 1. The van der Waals surface area contributed by atoms with E-state index >= 15 is 0 Å². The van der Waals surface area contributed by atoms with Gasteiger partial charge in [-0.25, -0.2) is 9.98 Å². The minimum absolute atomic E-state index is 0. The van der Waals surface area contributed by atoms with Crippen LogP contribution in [0.25, 0.3) is 0 Å². The van der Waals surface area contributed by atoms with Crippen LogP contribution in [0.15, 0.2) is 41.5 Å². The van der Waals surface area contributed by atoms with Crippen LogP contribution in [0.1, 0.15) is 34.9 Å². The van der Waals surface area contributed by atoms with Gasteiger partial charge in [-0.15, -0.1) is 35.3 Å². The van der Waals surface area contributed by atoms with Crippen LogP contribution in [0.5, 0.6) is 0 Å². The van der Waals surface area contributed by atoms with E-state index in [1.165, 1.54) is 4.88 Å². The van der Waals surface area contributed by atoms with E-state index in [9.17, 15) is 5.11 Å². The number of benzene rings is 1. The Bertz CT molecular complexity index is 618. The third kappa shape index (κ3) is 7.14. The standard InChI is InChI=1S/C17H24N4OS.HI/c1-3-18-17(21-12-16-20-11-13(2)23-16)19-10-9-15(22)14-7-5-4-6-8-14;/h4-8,11,15,22H,3,9-10,12H2,1-2H3,(H2,18,19,21);1H. The molecule has 1 heterocycles. The predicted octanol–water partition coefficient (Wildman–Crippen LogP) is 3.25. The van der Waals surface area contributed by atoms with E-state index in [2.05, 4.69) is 20.6 Å². The fourth-order valence-electron chi connectivity index (χ4n) is 2.13. The number of rotatable bonds is 7. The molecule has 0 aliphatic carbocycles. The average molecular weight is 460 g/mol. The number of aryl methyl sites for hydroxylation is 1. The summed E-state index contributed by atoms with van der Waals surface area (Å²) in [5.41, 5.74) is 0.939. The van der Waals surface area contributed by atoms with E-state index in [1.54, 1.807) is 11.3 Å². The molecule has 0 saturated heterocycles. The van der Waals surface area contributed by atoms with E-state index < -0.39 is 6.10 Å². The van der Waals surface area contributed by atoms with Gasteiger partial charge in [0.2, 0.25) is 0 Å². The Kier molecular flexibility index (Phi) is 9.89. The first-order valence-corrected chi connectivity index (χ1v) is 8.67. The Morgan fingerprint density at radius 1 is 1.29 bits per heavy atom. The molecule has 3 N–H and O–H groups in total. The lowest BCUT2D eigenvalue weighted by atomic mass is 10.1. The molecule has 0 aliphatic heterocycles. The molecule has 2 rings (SSSR count). The summed E-state index contributed by atoms with van der Waals surface area (Å²) < 4.78 is 0. The van der Waals surface area contributed by atoms with Crippen molar-refractivity contribution in [1.29, 1.82) is 0 Å². The van der Waals surface area contributed by atoms with Gasteiger partial charge in [-0.3, -0.25) is 0 Å². The van der Waals surface area contributed by atoms with Crippen LogP contribution in [-0.4, -0.2) is 29.1 Å². The van der Waals surface area contributed by atoms with Crippen molar-refractivity contribution in [3.8, 4) is 0 Å². The predicted molar refractivity (Wildman–Crippen MR) is 111 cm³/mol. The topological polar surface area (TPSA) is 69.5 Å². The van der Waals surface area contributed by atoms with Gasteiger partial charge in [0.15, 0.2) is 5.96 Å². The lowest BCUT2D eigenvalue weighted by molar-refractivity contribution is 0.168. The second kappa shape index (κ2) is 11.4. The first kappa shape index (κ1) is 20.9. The molecule has 0 saturated carbocycles. The third-order valence-corrected chi connectivity index (χ3v) is 4.18. The second-order valence-corrected chi connectivity index (χ2v) is 6.52. The summed E-state index contributed by atoms with van der Waals surface area (Å²) in [7, 11) is 0. The molecule has 0 radical (unpaired) electrons. The maximum Gasteiger partial charge on any atom is 0.191 e. The Balaban J connectivity index is 0.00000288. The number of aromatic nitrogens is 1. The molecule has 132 valence electrons. The van der Waals surface area contributed by atoms with E-state index in [-0.39, 0.29) is 24.0 Å². The zero-order valence-corrected chi connectivity index (χ0v) is 17.2. The molecule has 0 amide bonds. The number of aliphatic hydroxyl groups excluding tert-OH is 1. The molecule has 0 aliphatic rings. The number of nitrogens with zero attached hydrogens (tertiary/aromatic N) is 2. The SMILES string of the molecule is CCNC(=NCc1ncc(C)s1)NCCC(O)c1ccccc1.I. The van der Waals surface area contributed by atoms with Crippen molar-refractivity contribution < 1.29 is 5.11 Å². The molecule has 7 heteroatoms. The average Bonchev–Trinajstić information content (AvgIpc) is 2.99. The summed E-state index contributed by atoms with van der Waals surface area (Å²) >= 11 is 1.66. The fraction of sp³-hybridized carbons (Fsp3) is 0.412. The van der Waals surface area contributed by atoms with Crippen molar-refractivity contribution >= 4 is 41.3 Å². The highest BCUT2D eigenvalue weighted by Crippen LogP contribution is 2.15. The summed E-state index contributed by atoms with van der Waals surface area (Å²) in [5, 5.41) is 17.6. The number of aliphatic imine (C=N–C) groups is 1. The Morgan fingerprint density at radius 3 is 2.67 bits per heavy atom. The molecule has 5 nitrogen and oxygen atoms in total. The largest absolute Gasteiger partial charge is 0.388 e. The van der Waals surface area contributed by atoms with Gasteiger partial charge in [-0.05, 0) is 25.8 Å². The molecular weight excluding hydrogens is 435 g/mol. The molecule has 1 atom stereocenters. The van der Waals surface area contributed by atoms with Crippen molar-refractivity contribution in [2.24, 2.45) is 4.99 Å². The fourth-order valence-corrected chi connectivity index (χ4v) is 2.84. The first-order chi connectivity index (χ1) is 11.2. The number of guanidine groups is 1. The number of aliphatic hydroxyl groups is 1. The molecule has 1 aromatic carbocycles. The van der Waals surface area contributed by atoms with E-state index in [1.807, 2.05) is 50.4 Å². The molecule has 0 fully saturated rings. The minimum Gasteiger partial charge on any atom is -0.388 e. The molecule has 1 unspecified atom stereocenters. The summed E-state index contributed by atoms with van der Waals surface area (Å²) in [6, 6.07) is 9.70.